The fourth-order valence-corrected chi connectivity index (χ4v) is 3.62. The summed E-state index contributed by atoms with van der Waals surface area (Å²) in [6.45, 7) is 0.812. The molecular formula is C15H18N2O4S. The Labute approximate surface area is 133 Å². The van der Waals surface area contributed by atoms with Crippen LogP contribution in [0.15, 0.2) is 18.3 Å². The maximum absolute atomic E-state index is 12.4. The van der Waals surface area contributed by atoms with Crippen LogP contribution in [0.3, 0.4) is 0 Å². The molecule has 0 radical (unpaired) electrons. The third-order valence-electron chi connectivity index (χ3n) is 3.86. The molecule has 118 valence electrons. The first kappa shape index (κ1) is 15.1. The Hall–Kier alpha value is -1.76. The SMILES string of the molecule is COC(=O)C1CN(C(=O)c2ccnc(O[C@H]3CCSC3)c2)C1. The van der Waals surface area contributed by atoms with Crippen LogP contribution in [-0.4, -0.2) is 59.6 Å². The van der Waals surface area contributed by atoms with Crippen LogP contribution in [-0.2, 0) is 9.53 Å². The van der Waals surface area contributed by atoms with Crippen molar-refractivity contribution >= 4 is 23.6 Å². The van der Waals surface area contributed by atoms with Crippen LogP contribution in [0.2, 0.25) is 0 Å². The van der Waals surface area contributed by atoms with Gasteiger partial charge in [-0.05, 0) is 18.2 Å². The van der Waals surface area contributed by atoms with E-state index in [2.05, 4.69) is 9.72 Å². The van der Waals surface area contributed by atoms with Gasteiger partial charge < -0.3 is 14.4 Å². The normalized spacial score (nSPS) is 21.3. The molecule has 22 heavy (non-hydrogen) atoms. The molecule has 7 heteroatoms. The number of methoxy groups -OCH3 is 1. The Morgan fingerprint density at radius 1 is 1.41 bits per heavy atom. The number of ether oxygens (including phenoxy) is 2. The lowest BCUT2D eigenvalue weighted by molar-refractivity contribution is -0.149. The van der Waals surface area contributed by atoms with Gasteiger partial charge in [0.15, 0.2) is 0 Å². The summed E-state index contributed by atoms with van der Waals surface area (Å²) in [5.41, 5.74) is 0.541. The fourth-order valence-electron chi connectivity index (χ4n) is 2.53. The molecule has 0 aromatic carbocycles. The number of thioether (sulfide) groups is 1. The van der Waals surface area contributed by atoms with E-state index in [-0.39, 0.29) is 23.9 Å². The number of hydrogen-bond donors (Lipinski definition) is 0. The summed E-state index contributed by atoms with van der Waals surface area (Å²) in [4.78, 5) is 29.5. The average Bonchev–Trinajstić information content (AvgIpc) is 2.98. The second-order valence-corrected chi connectivity index (χ2v) is 6.57. The Kier molecular flexibility index (Phi) is 4.52. The van der Waals surface area contributed by atoms with Gasteiger partial charge in [-0.2, -0.15) is 11.8 Å². The topological polar surface area (TPSA) is 68.7 Å². The highest BCUT2D eigenvalue weighted by molar-refractivity contribution is 7.99. The summed E-state index contributed by atoms with van der Waals surface area (Å²) in [5.74, 6) is 1.99. The lowest BCUT2D eigenvalue weighted by Gasteiger charge is -2.37. The van der Waals surface area contributed by atoms with Crippen molar-refractivity contribution < 1.29 is 19.1 Å². The third kappa shape index (κ3) is 3.19. The van der Waals surface area contributed by atoms with Gasteiger partial charge in [-0.15, -0.1) is 0 Å². The van der Waals surface area contributed by atoms with Gasteiger partial charge in [0, 0.05) is 36.7 Å². The molecule has 2 aliphatic rings. The standard InChI is InChI=1S/C15H18N2O4S/c1-20-15(19)11-7-17(8-11)14(18)10-2-4-16-13(6-10)21-12-3-5-22-9-12/h2,4,6,11-12H,3,5,7-9H2,1H3/t12-/m0/s1. The van der Waals surface area contributed by atoms with Crippen molar-refractivity contribution in [1.82, 2.24) is 9.88 Å². The lowest BCUT2D eigenvalue weighted by atomic mass is 9.99. The van der Waals surface area contributed by atoms with Crippen molar-refractivity contribution in [2.45, 2.75) is 12.5 Å². The van der Waals surface area contributed by atoms with Crippen LogP contribution in [0, 0.1) is 5.92 Å². The second kappa shape index (κ2) is 6.56. The minimum atomic E-state index is -0.262. The van der Waals surface area contributed by atoms with E-state index in [1.54, 1.807) is 23.2 Å². The highest BCUT2D eigenvalue weighted by Crippen LogP contribution is 2.24. The molecule has 1 amide bonds. The van der Waals surface area contributed by atoms with Crippen LogP contribution in [0.25, 0.3) is 0 Å². The van der Waals surface area contributed by atoms with Crippen molar-refractivity contribution in [1.29, 1.82) is 0 Å². The van der Waals surface area contributed by atoms with E-state index in [0.29, 0.717) is 24.5 Å². The summed E-state index contributed by atoms with van der Waals surface area (Å²) >= 11 is 1.86. The van der Waals surface area contributed by atoms with E-state index >= 15 is 0 Å². The Bertz CT molecular complexity index is 568. The zero-order valence-electron chi connectivity index (χ0n) is 12.4. The molecular weight excluding hydrogens is 304 g/mol. The van der Waals surface area contributed by atoms with E-state index < -0.39 is 0 Å². The monoisotopic (exact) mass is 322 g/mol. The average molecular weight is 322 g/mol. The van der Waals surface area contributed by atoms with Crippen molar-refractivity contribution in [3.63, 3.8) is 0 Å². The van der Waals surface area contributed by atoms with Gasteiger partial charge in [-0.3, -0.25) is 9.59 Å². The molecule has 3 heterocycles. The third-order valence-corrected chi connectivity index (χ3v) is 4.99. The number of nitrogens with zero attached hydrogens (tertiary/aromatic N) is 2. The van der Waals surface area contributed by atoms with Gasteiger partial charge in [0.05, 0.1) is 13.0 Å². The molecule has 2 saturated heterocycles. The summed E-state index contributed by atoms with van der Waals surface area (Å²) in [6.07, 6.45) is 2.77. The summed E-state index contributed by atoms with van der Waals surface area (Å²) < 4.78 is 10.5. The molecule has 1 aromatic rings. The molecule has 0 spiro atoms. The number of amides is 1. The minimum absolute atomic E-state index is 0.104. The first-order valence-corrected chi connectivity index (χ1v) is 8.40. The number of esters is 1. The number of carbonyl (C=O) groups excluding carboxylic acids is 2. The van der Waals surface area contributed by atoms with E-state index in [9.17, 15) is 9.59 Å². The minimum Gasteiger partial charge on any atom is -0.473 e. The maximum atomic E-state index is 12.4. The second-order valence-electron chi connectivity index (χ2n) is 5.42. The molecule has 0 N–H and O–H groups in total. The predicted molar refractivity (Wildman–Crippen MR) is 82.0 cm³/mol. The first-order chi connectivity index (χ1) is 10.7. The van der Waals surface area contributed by atoms with Crippen LogP contribution < -0.4 is 4.74 Å². The lowest BCUT2D eigenvalue weighted by Crippen LogP contribution is -2.53. The Morgan fingerprint density at radius 3 is 2.91 bits per heavy atom. The van der Waals surface area contributed by atoms with E-state index in [0.717, 1.165) is 17.9 Å². The van der Waals surface area contributed by atoms with Crippen molar-refractivity contribution in [3.05, 3.63) is 23.9 Å². The number of likely N-dealkylation sites (tertiary alicyclic amines) is 1. The zero-order valence-corrected chi connectivity index (χ0v) is 13.2. The molecule has 2 fully saturated rings. The predicted octanol–water partition coefficient (Wildman–Crippen LogP) is 1.21. The van der Waals surface area contributed by atoms with Crippen LogP contribution in [0.1, 0.15) is 16.8 Å². The highest BCUT2D eigenvalue weighted by Gasteiger charge is 2.36. The van der Waals surface area contributed by atoms with Gasteiger partial charge in [-0.1, -0.05) is 0 Å². The van der Waals surface area contributed by atoms with Gasteiger partial charge in [0.1, 0.15) is 6.10 Å². The molecule has 1 aromatic heterocycles. The van der Waals surface area contributed by atoms with Crippen molar-refractivity contribution in [3.8, 4) is 5.88 Å². The summed E-state index contributed by atoms with van der Waals surface area (Å²) in [7, 11) is 1.36. The molecule has 6 nitrogen and oxygen atoms in total. The quantitative estimate of drug-likeness (QED) is 0.776. The molecule has 0 aliphatic carbocycles. The zero-order chi connectivity index (χ0) is 15.5. The van der Waals surface area contributed by atoms with E-state index in [4.69, 9.17) is 4.74 Å². The summed E-state index contributed by atoms with van der Waals surface area (Å²) in [6, 6.07) is 3.35. The maximum Gasteiger partial charge on any atom is 0.312 e. The van der Waals surface area contributed by atoms with Crippen LogP contribution >= 0.6 is 11.8 Å². The largest absolute Gasteiger partial charge is 0.473 e. The van der Waals surface area contributed by atoms with Crippen molar-refractivity contribution in [2.75, 3.05) is 31.7 Å². The number of aromatic nitrogens is 1. The number of hydrogen-bond acceptors (Lipinski definition) is 6. The van der Waals surface area contributed by atoms with Crippen LogP contribution in [0.4, 0.5) is 0 Å². The molecule has 0 bridgehead atoms. The molecule has 3 rings (SSSR count). The van der Waals surface area contributed by atoms with Crippen LogP contribution in [0.5, 0.6) is 5.88 Å². The number of rotatable bonds is 4. The first-order valence-electron chi connectivity index (χ1n) is 7.25. The molecule has 1 atom stereocenters. The summed E-state index contributed by atoms with van der Waals surface area (Å²) in [5, 5.41) is 0. The number of carbonyl (C=O) groups is 2. The Morgan fingerprint density at radius 2 is 2.23 bits per heavy atom. The fraction of sp³-hybridized carbons (Fsp3) is 0.533. The molecule has 2 aliphatic heterocycles. The van der Waals surface area contributed by atoms with Gasteiger partial charge in [0.25, 0.3) is 5.91 Å². The highest BCUT2D eigenvalue weighted by atomic mass is 32.2. The van der Waals surface area contributed by atoms with Gasteiger partial charge in [-0.25, -0.2) is 4.98 Å². The van der Waals surface area contributed by atoms with E-state index in [1.165, 1.54) is 7.11 Å². The molecule has 0 unspecified atom stereocenters. The molecule has 0 saturated carbocycles. The van der Waals surface area contributed by atoms with Gasteiger partial charge in [0.2, 0.25) is 5.88 Å². The Balaban J connectivity index is 1.60. The van der Waals surface area contributed by atoms with E-state index in [1.807, 2.05) is 11.8 Å². The number of pyridine rings is 1. The smallest absolute Gasteiger partial charge is 0.312 e. The van der Waals surface area contributed by atoms with Crippen molar-refractivity contribution in [2.24, 2.45) is 5.92 Å². The van der Waals surface area contributed by atoms with Gasteiger partial charge >= 0.3 is 5.97 Å².